The molecule has 23 heavy (non-hydrogen) atoms. The van der Waals surface area contributed by atoms with E-state index in [2.05, 4.69) is 4.99 Å². The van der Waals surface area contributed by atoms with E-state index in [9.17, 15) is 4.79 Å². The van der Waals surface area contributed by atoms with Crippen LogP contribution in [0.2, 0.25) is 0 Å². The largest absolute Gasteiger partial charge is 0.474 e. The van der Waals surface area contributed by atoms with Crippen LogP contribution < -0.4 is 0 Å². The van der Waals surface area contributed by atoms with E-state index in [1.807, 2.05) is 61.5 Å². The molecule has 1 aliphatic heterocycles. The van der Waals surface area contributed by atoms with Gasteiger partial charge in [-0.2, -0.15) is 0 Å². The van der Waals surface area contributed by atoms with Crippen LogP contribution in [0, 0.1) is 6.92 Å². The van der Waals surface area contributed by atoms with E-state index in [0.717, 1.165) is 11.1 Å². The fraction of sp³-hybridized carbons (Fsp3) is 0.263. The maximum absolute atomic E-state index is 12.4. The number of aliphatic imine (C=N–C) groups is 1. The first-order chi connectivity index (χ1) is 11.1. The number of carbonyl (C=O) groups is 1. The van der Waals surface area contributed by atoms with Crippen molar-refractivity contribution in [2.24, 2.45) is 4.99 Å². The molecule has 0 fully saturated rings. The first kappa shape index (κ1) is 15.3. The summed E-state index contributed by atoms with van der Waals surface area (Å²) in [4.78, 5) is 17.0. The highest BCUT2D eigenvalue weighted by Crippen LogP contribution is 2.28. The zero-order valence-electron chi connectivity index (χ0n) is 13.3. The lowest BCUT2D eigenvalue weighted by molar-refractivity contribution is -0.147. The van der Waals surface area contributed by atoms with Crippen LogP contribution in [-0.2, 0) is 20.7 Å². The van der Waals surface area contributed by atoms with Gasteiger partial charge in [0.25, 0.3) is 0 Å². The molecule has 0 spiro atoms. The smallest absolute Gasteiger partial charge is 0.337 e. The van der Waals surface area contributed by atoms with Crippen LogP contribution in [0.4, 0.5) is 0 Å². The van der Waals surface area contributed by atoms with E-state index >= 15 is 0 Å². The van der Waals surface area contributed by atoms with Gasteiger partial charge in [-0.25, -0.2) is 9.79 Å². The summed E-state index contributed by atoms with van der Waals surface area (Å²) >= 11 is 0. The van der Waals surface area contributed by atoms with Gasteiger partial charge in [-0.15, -0.1) is 0 Å². The van der Waals surface area contributed by atoms with Gasteiger partial charge in [0.05, 0.1) is 7.11 Å². The van der Waals surface area contributed by atoms with Gasteiger partial charge in [0.1, 0.15) is 6.61 Å². The van der Waals surface area contributed by atoms with Crippen LogP contribution >= 0.6 is 0 Å². The molecule has 2 aromatic rings. The second-order valence-electron chi connectivity index (χ2n) is 5.76. The summed E-state index contributed by atoms with van der Waals surface area (Å²) in [7, 11) is 1.38. The summed E-state index contributed by atoms with van der Waals surface area (Å²) < 4.78 is 10.7. The third-order valence-corrected chi connectivity index (χ3v) is 3.97. The number of rotatable bonds is 4. The van der Waals surface area contributed by atoms with Crippen molar-refractivity contribution in [3.63, 3.8) is 0 Å². The standard InChI is InChI=1S/C19H19NO3/c1-14-8-10-15(11-9-14)12-19(18(21)22-2)13-23-17(20-19)16-6-4-3-5-7-16/h3-11H,12-13H2,1-2H3. The van der Waals surface area contributed by atoms with Gasteiger partial charge < -0.3 is 9.47 Å². The Morgan fingerprint density at radius 2 is 1.87 bits per heavy atom. The minimum absolute atomic E-state index is 0.192. The maximum Gasteiger partial charge on any atom is 0.337 e. The van der Waals surface area contributed by atoms with Gasteiger partial charge in [0.2, 0.25) is 5.90 Å². The monoisotopic (exact) mass is 309 g/mol. The number of hydrogen-bond acceptors (Lipinski definition) is 4. The summed E-state index contributed by atoms with van der Waals surface area (Å²) in [6.45, 7) is 2.22. The highest BCUT2D eigenvalue weighted by atomic mass is 16.5. The van der Waals surface area contributed by atoms with Crippen molar-refractivity contribution in [1.29, 1.82) is 0 Å². The molecular weight excluding hydrogens is 290 g/mol. The van der Waals surface area contributed by atoms with Crippen molar-refractivity contribution in [2.45, 2.75) is 18.9 Å². The van der Waals surface area contributed by atoms with Crippen LogP contribution in [0.25, 0.3) is 0 Å². The SMILES string of the molecule is COC(=O)C1(Cc2ccc(C)cc2)COC(c2ccccc2)=N1. The number of aryl methyl sites for hydroxylation is 1. The molecule has 4 nitrogen and oxygen atoms in total. The van der Waals surface area contributed by atoms with Crippen molar-refractivity contribution >= 4 is 11.9 Å². The zero-order valence-corrected chi connectivity index (χ0v) is 13.3. The Kier molecular flexibility index (Phi) is 4.15. The minimum Gasteiger partial charge on any atom is -0.474 e. The van der Waals surface area contributed by atoms with E-state index in [1.165, 1.54) is 12.7 Å². The molecule has 1 atom stereocenters. The van der Waals surface area contributed by atoms with E-state index in [1.54, 1.807) is 0 Å². The van der Waals surface area contributed by atoms with Gasteiger partial charge in [0, 0.05) is 12.0 Å². The van der Waals surface area contributed by atoms with E-state index < -0.39 is 5.54 Å². The lowest BCUT2D eigenvalue weighted by atomic mass is 9.92. The van der Waals surface area contributed by atoms with Crippen LogP contribution in [0.1, 0.15) is 16.7 Å². The molecule has 4 heteroatoms. The number of esters is 1. The number of ether oxygens (including phenoxy) is 2. The first-order valence-corrected chi connectivity index (χ1v) is 7.55. The fourth-order valence-corrected chi connectivity index (χ4v) is 2.68. The average Bonchev–Trinajstić information content (AvgIpc) is 3.02. The molecule has 0 aromatic heterocycles. The molecule has 2 aromatic carbocycles. The third kappa shape index (κ3) is 3.11. The molecule has 118 valence electrons. The molecule has 0 aliphatic carbocycles. The topological polar surface area (TPSA) is 47.9 Å². The van der Waals surface area contributed by atoms with Crippen LogP contribution in [-0.4, -0.2) is 31.1 Å². The highest BCUT2D eigenvalue weighted by Gasteiger charge is 2.45. The quantitative estimate of drug-likeness (QED) is 0.816. The molecular formula is C19H19NO3. The number of hydrogen-bond donors (Lipinski definition) is 0. The summed E-state index contributed by atoms with van der Waals surface area (Å²) in [5, 5.41) is 0. The number of methoxy groups -OCH3 is 1. The normalized spacial score (nSPS) is 19.8. The van der Waals surface area contributed by atoms with Crippen LogP contribution in [0.15, 0.2) is 59.6 Å². The van der Waals surface area contributed by atoms with Crippen LogP contribution in [0.3, 0.4) is 0 Å². The number of nitrogens with zero attached hydrogens (tertiary/aromatic N) is 1. The number of benzene rings is 2. The minimum atomic E-state index is -1.02. The van der Waals surface area contributed by atoms with Crippen LogP contribution in [0.5, 0.6) is 0 Å². The van der Waals surface area contributed by atoms with E-state index in [0.29, 0.717) is 12.3 Å². The molecule has 0 amide bonds. The summed E-state index contributed by atoms with van der Waals surface area (Å²) in [6, 6.07) is 17.7. The van der Waals surface area contributed by atoms with Gasteiger partial charge in [-0.05, 0) is 24.6 Å². The zero-order chi connectivity index (χ0) is 16.3. The molecule has 0 saturated heterocycles. The molecule has 0 radical (unpaired) electrons. The van der Waals surface area contributed by atoms with Gasteiger partial charge >= 0.3 is 5.97 Å². The molecule has 0 N–H and O–H groups in total. The molecule has 0 bridgehead atoms. The summed E-state index contributed by atoms with van der Waals surface area (Å²) in [5.74, 6) is 0.118. The second-order valence-corrected chi connectivity index (χ2v) is 5.76. The van der Waals surface area contributed by atoms with E-state index in [-0.39, 0.29) is 12.6 Å². The lowest BCUT2D eigenvalue weighted by Gasteiger charge is -2.21. The first-order valence-electron chi connectivity index (χ1n) is 7.55. The second kappa shape index (κ2) is 6.24. The van der Waals surface area contributed by atoms with Crippen molar-refractivity contribution < 1.29 is 14.3 Å². The number of carbonyl (C=O) groups excluding carboxylic acids is 1. The lowest BCUT2D eigenvalue weighted by Crippen LogP contribution is -2.41. The maximum atomic E-state index is 12.4. The Morgan fingerprint density at radius 1 is 1.17 bits per heavy atom. The van der Waals surface area contributed by atoms with Crippen molar-refractivity contribution in [3.8, 4) is 0 Å². The Morgan fingerprint density at radius 3 is 2.52 bits per heavy atom. The van der Waals surface area contributed by atoms with Gasteiger partial charge in [-0.3, -0.25) is 0 Å². The Hall–Kier alpha value is -2.62. The molecule has 1 unspecified atom stereocenters. The Bertz CT molecular complexity index is 722. The molecule has 0 saturated carbocycles. The predicted molar refractivity (Wildman–Crippen MR) is 88.6 cm³/mol. The van der Waals surface area contributed by atoms with E-state index in [4.69, 9.17) is 9.47 Å². The molecule has 3 rings (SSSR count). The van der Waals surface area contributed by atoms with Gasteiger partial charge in [0.15, 0.2) is 5.54 Å². The molecule has 1 heterocycles. The summed E-state index contributed by atoms with van der Waals surface area (Å²) in [6.07, 6.45) is 0.455. The van der Waals surface area contributed by atoms with Crippen molar-refractivity contribution in [2.75, 3.05) is 13.7 Å². The molecule has 1 aliphatic rings. The Labute approximate surface area is 135 Å². The third-order valence-electron chi connectivity index (χ3n) is 3.97. The fourth-order valence-electron chi connectivity index (χ4n) is 2.68. The summed E-state index contributed by atoms with van der Waals surface area (Å²) in [5.41, 5.74) is 2.05. The average molecular weight is 309 g/mol. The Balaban J connectivity index is 1.94. The predicted octanol–water partition coefficient (Wildman–Crippen LogP) is 2.93. The van der Waals surface area contributed by atoms with Crippen molar-refractivity contribution in [3.05, 3.63) is 71.3 Å². The highest BCUT2D eigenvalue weighted by molar-refractivity contribution is 5.99. The van der Waals surface area contributed by atoms with Crippen molar-refractivity contribution in [1.82, 2.24) is 0 Å². The van der Waals surface area contributed by atoms with Gasteiger partial charge in [-0.1, -0.05) is 48.0 Å².